The maximum Gasteiger partial charge on any atom is 0.272 e. The number of halogens is 1. The van der Waals surface area contributed by atoms with Crippen LogP contribution in [0.3, 0.4) is 0 Å². The summed E-state index contributed by atoms with van der Waals surface area (Å²) in [6.07, 6.45) is 3.34. The Kier molecular flexibility index (Phi) is 3.26. The maximum absolute atomic E-state index is 13.5. The Morgan fingerprint density at radius 3 is 2.94 bits per heavy atom. The van der Waals surface area contributed by atoms with E-state index in [-0.39, 0.29) is 5.69 Å². The van der Waals surface area contributed by atoms with E-state index in [9.17, 15) is 14.5 Å². The molecule has 1 aliphatic rings. The lowest BCUT2D eigenvalue weighted by atomic mass is 10.2. The average molecular weight is 238 g/mol. The number of benzene rings is 1. The summed E-state index contributed by atoms with van der Waals surface area (Å²) in [5.74, 6) is 0.0657. The van der Waals surface area contributed by atoms with Gasteiger partial charge in [-0.05, 0) is 24.8 Å². The highest BCUT2D eigenvalue weighted by Gasteiger charge is 2.36. The van der Waals surface area contributed by atoms with Gasteiger partial charge < -0.3 is 5.32 Å². The number of hydrogen-bond acceptors (Lipinski definition) is 3. The lowest BCUT2D eigenvalue weighted by Crippen LogP contribution is -2.06. The highest BCUT2D eigenvalue weighted by Crippen LogP contribution is 2.37. The Morgan fingerprint density at radius 1 is 1.59 bits per heavy atom. The van der Waals surface area contributed by atoms with Crippen molar-refractivity contribution in [1.82, 2.24) is 0 Å². The zero-order chi connectivity index (χ0) is 12.4. The van der Waals surface area contributed by atoms with Gasteiger partial charge >= 0.3 is 0 Å². The molecule has 2 unspecified atom stereocenters. The molecular formula is C12H15FN2O2. The van der Waals surface area contributed by atoms with Crippen LogP contribution < -0.4 is 5.32 Å². The van der Waals surface area contributed by atoms with Crippen molar-refractivity contribution in [3.05, 3.63) is 34.1 Å². The smallest absolute Gasteiger partial charge is 0.272 e. The van der Waals surface area contributed by atoms with Crippen molar-refractivity contribution in [2.75, 3.05) is 5.32 Å². The van der Waals surface area contributed by atoms with Crippen LogP contribution in [0.4, 0.5) is 15.8 Å². The number of non-ortho nitro benzene ring substituents is 1. The lowest BCUT2D eigenvalue weighted by molar-refractivity contribution is -0.385. The van der Waals surface area contributed by atoms with Gasteiger partial charge in [0.2, 0.25) is 0 Å². The number of rotatable bonds is 5. The summed E-state index contributed by atoms with van der Waals surface area (Å²) in [6.45, 7) is 2.13. The summed E-state index contributed by atoms with van der Waals surface area (Å²) >= 11 is 0. The predicted octanol–water partition coefficient (Wildman–Crippen LogP) is 3.33. The maximum atomic E-state index is 13.5. The molecular weight excluding hydrogens is 223 g/mol. The van der Waals surface area contributed by atoms with Crippen LogP contribution in [0.5, 0.6) is 0 Å². The first-order valence-corrected chi connectivity index (χ1v) is 5.82. The predicted molar refractivity (Wildman–Crippen MR) is 63.5 cm³/mol. The quantitative estimate of drug-likeness (QED) is 0.632. The van der Waals surface area contributed by atoms with E-state index in [1.165, 1.54) is 12.1 Å². The van der Waals surface area contributed by atoms with E-state index in [1.54, 1.807) is 0 Å². The van der Waals surface area contributed by atoms with E-state index in [0.717, 1.165) is 25.3 Å². The monoisotopic (exact) mass is 238 g/mol. The van der Waals surface area contributed by atoms with Crippen molar-refractivity contribution in [2.24, 2.45) is 5.92 Å². The van der Waals surface area contributed by atoms with E-state index in [1.807, 2.05) is 0 Å². The second kappa shape index (κ2) is 4.69. The molecule has 0 aromatic heterocycles. The van der Waals surface area contributed by atoms with E-state index in [4.69, 9.17) is 0 Å². The molecule has 5 heteroatoms. The molecule has 0 aliphatic heterocycles. The summed E-state index contributed by atoms with van der Waals surface area (Å²) in [6, 6.07) is 4.04. The molecule has 0 radical (unpaired) electrons. The molecule has 1 aliphatic carbocycles. The van der Waals surface area contributed by atoms with Crippen LogP contribution in [-0.2, 0) is 0 Å². The molecule has 1 aromatic rings. The standard InChI is InChI=1S/C12H15FN2O2/c1-2-3-8-6-12(8)14-11-5-4-9(15(16)17)7-10(11)13/h4-5,7-8,12,14H,2-3,6H2,1H3. The van der Waals surface area contributed by atoms with Gasteiger partial charge in [0.15, 0.2) is 5.82 Å². The number of anilines is 1. The second-order valence-corrected chi connectivity index (χ2v) is 4.46. The molecule has 2 rings (SSSR count). The fourth-order valence-electron chi connectivity index (χ4n) is 2.05. The van der Waals surface area contributed by atoms with Gasteiger partial charge in [-0.2, -0.15) is 0 Å². The van der Waals surface area contributed by atoms with Gasteiger partial charge in [-0.25, -0.2) is 4.39 Å². The van der Waals surface area contributed by atoms with Crippen LogP contribution in [0.2, 0.25) is 0 Å². The Labute approximate surface area is 99.0 Å². The number of nitro benzene ring substituents is 1. The van der Waals surface area contributed by atoms with Gasteiger partial charge in [-0.15, -0.1) is 0 Å². The molecule has 1 N–H and O–H groups in total. The number of nitrogens with one attached hydrogen (secondary N) is 1. The first kappa shape index (κ1) is 11.8. The van der Waals surface area contributed by atoms with E-state index < -0.39 is 10.7 Å². The highest BCUT2D eigenvalue weighted by molar-refractivity contribution is 5.51. The molecule has 4 nitrogen and oxygen atoms in total. The third-order valence-corrected chi connectivity index (χ3v) is 3.09. The summed E-state index contributed by atoms with van der Waals surface area (Å²) in [5.41, 5.74) is 0.146. The van der Waals surface area contributed by atoms with E-state index >= 15 is 0 Å². The molecule has 0 saturated heterocycles. The van der Waals surface area contributed by atoms with E-state index in [0.29, 0.717) is 17.6 Å². The second-order valence-electron chi connectivity index (χ2n) is 4.46. The zero-order valence-corrected chi connectivity index (χ0v) is 9.65. The SMILES string of the molecule is CCCC1CC1Nc1ccc([N+](=O)[O-])cc1F. The van der Waals surface area contributed by atoms with Crippen LogP contribution >= 0.6 is 0 Å². The highest BCUT2D eigenvalue weighted by atomic mass is 19.1. The molecule has 1 saturated carbocycles. The summed E-state index contributed by atoms with van der Waals surface area (Å²) in [5, 5.41) is 13.5. The molecule has 0 heterocycles. The minimum atomic E-state index is -0.593. The summed E-state index contributed by atoms with van der Waals surface area (Å²) < 4.78 is 13.5. The number of nitro groups is 1. The fraction of sp³-hybridized carbons (Fsp3) is 0.500. The van der Waals surface area contributed by atoms with Crippen molar-refractivity contribution < 1.29 is 9.31 Å². The number of hydrogen-bond donors (Lipinski definition) is 1. The van der Waals surface area contributed by atoms with Crippen LogP contribution in [0.25, 0.3) is 0 Å². The Balaban J connectivity index is 2.00. The van der Waals surface area contributed by atoms with Gasteiger partial charge in [0.05, 0.1) is 16.7 Å². The number of nitrogens with zero attached hydrogens (tertiary/aromatic N) is 1. The molecule has 1 aromatic carbocycles. The summed E-state index contributed by atoms with van der Waals surface area (Å²) in [4.78, 5) is 9.86. The van der Waals surface area contributed by atoms with Crippen molar-refractivity contribution in [1.29, 1.82) is 0 Å². The topological polar surface area (TPSA) is 55.2 Å². The van der Waals surface area contributed by atoms with Crippen LogP contribution in [0.1, 0.15) is 26.2 Å². The van der Waals surface area contributed by atoms with Crippen molar-refractivity contribution in [3.8, 4) is 0 Å². The molecule has 1 fully saturated rings. The van der Waals surface area contributed by atoms with Gasteiger partial charge in [0.1, 0.15) is 0 Å². The van der Waals surface area contributed by atoms with Gasteiger partial charge in [0, 0.05) is 12.1 Å². The lowest BCUT2D eigenvalue weighted by Gasteiger charge is -2.06. The van der Waals surface area contributed by atoms with E-state index in [2.05, 4.69) is 12.2 Å². The third kappa shape index (κ3) is 2.72. The molecule has 0 amide bonds. The molecule has 92 valence electrons. The van der Waals surface area contributed by atoms with Gasteiger partial charge in [-0.1, -0.05) is 13.3 Å². The van der Waals surface area contributed by atoms with Crippen molar-refractivity contribution in [2.45, 2.75) is 32.2 Å². The van der Waals surface area contributed by atoms with Crippen LogP contribution in [-0.4, -0.2) is 11.0 Å². The molecule has 2 atom stereocenters. The third-order valence-electron chi connectivity index (χ3n) is 3.09. The molecule has 0 bridgehead atoms. The van der Waals surface area contributed by atoms with Gasteiger partial charge in [0.25, 0.3) is 5.69 Å². The zero-order valence-electron chi connectivity index (χ0n) is 9.65. The van der Waals surface area contributed by atoms with Crippen LogP contribution in [0, 0.1) is 21.8 Å². The Bertz CT molecular complexity index is 437. The minimum absolute atomic E-state index is 0.214. The van der Waals surface area contributed by atoms with Crippen molar-refractivity contribution in [3.63, 3.8) is 0 Å². The largest absolute Gasteiger partial charge is 0.380 e. The molecule has 17 heavy (non-hydrogen) atoms. The Morgan fingerprint density at radius 2 is 2.35 bits per heavy atom. The van der Waals surface area contributed by atoms with Crippen molar-refractivity contribution >= 4 is 11.4 Å². The first-order valence-electron chi connectivity index (χ1n) is 5.82. The van der Waals surface area contributed by atoms with Crippen LogP contribution in [0.15, 0.2) is 18.2 Å². The fourth-order valence-corrected chi connectivity index (χ4v) is 2.05. The average Bonchev–Trinajstić information content (AvgIpc) is 3.00. The summed E-state index contributed by atoms with van der Waals surface area (Å²) in [7, 11) is 0. The first-order chi connectivity index (χ1) is 8.11. The molecule has 0 spiro atoms. The van der Waals surface area contributed by atoms with Gasteiger partial charge in [-0.3, -0.25) is 10.1 Å². The Hall–Kier alpha value is -1.65. The minimum Gasteiger partial charge on any atom is -0.380 e. The normalized spacial score (nSPS) is 22.2.